The van der Waals surface area contributed by atoms with Gasteiger partial charge in [-0.15, -0.1) is 11.3 Å². The van der Waals surface area contributed by atoms with Crippen molar-refractivity contribution in [3.8, 4) is 0 Å². The zero-order valence-corrected chi connectivity index (χ0v) is 10.0. The number of aromatic carboxylic acids is 1. The third kappa shape index (κ3) is 2.32. The number of aromatic nitrogens is 1. The van der Waals surface area contributed by atoms with Crippen molar-refractivity contribution in [3.05, 3.63) is 34.8 Å². The van der Waals surface area contributed by atoms with Crippen molar-refractivity contribution in [2.75, 3.05) is 4.72 Å². The molecule has 0 saturated carbocycles. The second-order valence-electron chi connectivity index (χ2n) is 3.12. The summed E-state index contributed by atoms with van der Waals surface area (Å²) >= 11 is 0.961. The van der Waals surface area contributed by atoms with Crippen LogP contribution in [0, 0.1) is 0 Å². The maximum atomic E-state index is 11.8. The van der Waals surface area contributed by atoms with E-state index in [0.29, 0.717) is 0 Å². The van der Waals surface area contributed by atoms with Gasteiger partial charge in [0, 0.05) is 12.4 Å². The molecule has 0 amide bonds. The van der Waals surface area contributed by atoms with E-state index in [0.717, 1.165) is 11.3 Å². The Morgan fingerprint density at radius 1 is 1.41 bits per heavy atom. The molecule has 0 radical (unpaired) electrons. The van der Waals surface area contributed by atoms with Crippen molar-refractivity contribution < 1.29 is 18.3 Å². The van der Waals surface area contributed by atoms with E-state index in [1.54, 1.807) is 0 Å². The molecule has 2 aromatic heterocycles. The Morgan fingerprint density at radius 2 is 2.18 bits per heavy atom. The molecule has 0 fully saturated rings. The third-order valence-electron chi connectivity index (χ3n) is 1.98. The molecule has 90 valence electrons. The van der Waals surface area contributed by atoms with Crippen molar-refractivity contribution in [1.82, 2.24) is 4.98 Å². The summed E-state index contributed by atoms with van der Waals surface area (Å²) in [6.45, 7) is 0. The van der Waals surface area contributed by atoms with Crippen LogP contribution in [-0.4, -0.2) is 24.5 Å². The molecule has 2 heterocycles. The predicted octanol–water partition coefficient (Wildman–Crippen LogP) is 1.58. The number of thiophene rings is 1. The van der Waals surface area contributed by atoms with Gasteiger partial charge in [-0.3, -0.25) is 4.72 Å². The Balaban J connectivity index is 2.33. The number of anilines is 1. The quantitative estimate of drug-likeness (QED) is 0.786. The number of carboxylic acids is 1. The minimum absolute atomic E-state index is 0.0379. The van der Waals surface area contributed by atoms with Crippen LogP contribution in [0.4, 0.5) is 5.69 Å². The Bertz CT molecular complexity index is 628. The first kappa shape index (κ1) is 11.7. The van der Waals surface area contributed by atoms with Crippen LogP contribution in [0.2, 0.25) is 0 Å². The first-order valence-corrected chi connectivity index (χ1v) is 6.83. The van der Waals surface area contributed by atoms with Crippen LogP contribution in [0.15, 0.2) is 34.8 Å². The van der Waals surface area contributed by atoms with Crippen molar-refractivity contribution >= 4 is 33.0 Å². The zero-order valence-electron chi connectivity index (χ0n) is 8.38. The molecule has 0 aliphatic heterocycles. The molecular formula is C9H8N2O4S2. The van der Waals surface area contributed by atoms with E-state index in [9.17, 15) is 13.2 Å². The zero-order chi connectivity index (χ0) is 12.5. The lowest BCUT2D eigenvalue weighted by Gasteiger charge is -2.05. The smallest absolute Gasteiger partial charge is 0.348 e. The lowest BCUT2D eigenvalue weighted by Crippen LogP contribution is -2.13. The van der Waals surface area contributed by atoms with E-state index in [2.05, 4.69) is 9.71 Å². The second-order valence-corrected chi connectivity index (χ2v) is 5.72. The number of carboxylic acid groups (broad SMARTS) is 1. The summed E-state index contributed by atoms with van der Waals surface area (Å²) in [6, 6.07) is 2.80. The molecule has 0 aromatic carbocycles. The van der Waals surface area contributed by atoms with Crippen molar-refractivity contribution in [1.29, 1.82) is 0 Å². The van der Waals surface area contributed by atoms with E-state index in [1.165, 1.54) is 29.9 Å². The molecule has 2 rings (SSSR count). The van der Waals surface area contributed by atoms with Crippen molar-refractivity contribution in [2.24, 2.45) is 0 Å². The highest BCUT2D eigenvalue weighted by molar-refractivity contribution is 7.92. The van der Waals surface area contributed by atoms with Crippen LogP contribution in [0.25, 0.3) is 0 Å². The van der Waals surface area contributed by atoms with Gasteiger partial charge in [0.25, 0.3) is 10.0 Å². The number of nitrogens with one attached hydrogen (secondary N) is 2. The summed E-state index contributed by atoms with van der Waals surface area (Å²) in [5, 5.41) is 10.4. The van der Waals surface area contributed by atoms with Crippen molar-refractivity contribution in [2.45, 2.75) is 4.90 Å². The molecule has 8 heteroatoms. The summed E-state index contributed by atoms with van der Waals surface area (Å²) < 4.78 is 25.9. The number of carbonyl (C=O) groups is 1. The van der Waals surface area contributed by atoms with Gasteiger partial charge in [-0.05, 0) is 17.5 Å². The molecular weight excluding hydrogens is 264 g/mol. The molecule has 0 unspecified atom stereocenters. The average Bonchev–Trinajstić information content (AvgIpc) is 2.85. The predicted molar refractivity (Wildman–Crippen MR) is 62.9 cm³/mol. The van der Waals surface area contributed by atoms with Crippen molar-refractivity contribution in [3.63, 3.8) is 0 Å². The second kappa shape index (κ2) is 4.22. The number of H-pyrrole nitrogens is 1. The topological polar surface area (TPSA) is 99.3 Å². The Hall–Kier alpha value is -1.80. The fourth-order valence-electron chi connectivity index (χ4n) is 1.23. The normalized spacial score (nSPS) is 11.3. The van der Waals surface area contributed by atoms with E-state index < -0.39 is 16.0 Å². The largest absolute Gasteiger partial charge is 0.477 e. The van der Waals surface area contributed by atoms with Gasteiger partial charge in [-0.1, -0.05) is 0 Å². The lowest BCUT2D eigenvalue weighted by molar-refractivity contribution is 0.0703. The Labute approximate surface area is 101 Å². The van der Waals surface area contributed by atoms with Gasteiger partial charge in [0.1, 0.15) is 9.77 Å². The van der Waals surface area contributed by atoms with Crippen LogP contribution >= 0.6 is 11.3 Å². The van der Waals surface area contributed by atoms with Gasteiger partial charge >= 0.3 is 5.97 Å². The summed E-state index contributed by atoms with van der Waals surface area (Å²) in [6.07, 6.45) is 2.79. The van der Waals surface area contributed by atoms with Crippen LogP contribution in [0.3, 0.4) is 0 Å². The fourth-order valence-corrected chi connectivity index (χ4v) is 3.03. The molecule has 0 aliphatic rings. The molecule has 3 N–H and O–H groups in total. The van der Waals surface area contributed by atoms with Gasteiger partial charge in [0.15, 0.2) is 0 Å². The number of hydrogen-bond acceptors (Lipinski definition) is 4. The van der Waals surface area contributed by atoms with E-state index in [4.69, 9.17) is 5.11 Å². The summed E-state index contributed by atoms with van der Waals surface area (Å²) in [5.74, 6) is -1.16. The Morgan fingerprint density at radius 3 is 2.76 bits per heavy atom. The number of rotatable bonds is 4. The van der Waals surface area contributed by atoms with E-state index >= 15 is 0 Å². The maximum Gasteiger partial charge on any atom is 0.348 e. The SMILES string of the molecule is O=C(O)c1sccc1NS(=O)(=O)c1cc[nH]c1. The van der Waals surface area contributed by atoms with Gasteiger partial charge in [-0.25, -0.2) is 13.2 Å². The Kier molecular flexibility index (Phi) is 2.90. The standard InChI is InChI=1S/C9H8N2O4S2/c12-9(13)8-7(2-4-16-8)11-17(14,15)6-1-3-10-5-6/h1-5,10-11H,(H,12,13). The first-order valence-electron chi connectivity index (χ1n) is 4.47. The third-order valence-corrected chi connectivity index (χ3v) is 4.25. The van der Waals surface area contributed by atoms with Gasteiger partial charge in [-0.2, -0.15) is 0 Å². The van der Waals surface area contributed by atoms with Crippen LogP contribution in [0.1, 0.15) is 9.67 Å². The number of sulfonamides is 1. The highest BCUT2D eigenvalue weighted by atomic mass is 32.2. The molecule has 0 saturated heterocycles. The highest BCUT2D eigenvalue weighted by Crippen LogP contribution is 2.24. The summed E-state index contributed by atoms with van der Waals surface area (Å²) in [4.78, 5) is 13.5. The monoisotopic (exact) mass is 272 g/mol. The first-order chi connectivity index (χ1) is 8.00. The number of aromatic amines is 1. The summed E-state index contributed by atoms with van der Waals surface area (Å²) in [7, 11) is -3.73. The van der Waals surface area contributed by atoms with Gasteiger partial charge in [0.2, 0.25) is 0 Å². The fraction of sp³-hybridized carbons (Fsp3) is 0. The maximum absolute atomic E-state index is 11.8. The molecule has 2 aromatic rings. The number of hydrogen-bond donors (Lipinski definition) is 3. The van der Waals surface area contributed by atoms with E-state index in [-0.39, 0.29) is 15.5 Å². The molecule has 0 spiro atoms. The molecule has 0 aliphatic carbocycles. The molecule has 0 bridgehead atoms. The minimum atomic E-state index is -3.73. The van der Waals surface area contributed by atoms with Gasteiger partial charge in [0.05, 0.1) is 5.69 Å². The molecule has 6 nitrogen and oxygen atoms in total. The van der Waals surface area contributed by atoms with E-state index in [1.807, 2.05) is 0 Å². The average molecular weight is 272 g/mol. The van der Waals surface area contributed by atoms with Crippen LogP contribution < -0.4 is 4.72 Å². The molecule has 17 heavy (non-hydrogen) atoms. The molecule has 0 atom stereocenters. The lowest BCUT2D eigenvalue weighted by atomic mass is 10.4. The van der Waals surface area contributed by atoms with Crippen LogP contribution in [-0.2, 0) is 10.0 Å². The van der Waals surface area contributed by atoms with Gasteiger partial charge < -0.3 is 10.1 Å². The minimum Gasteiger partial charge on any atom is -0.477 e. The van der Waals surface area contributed by atoms with Crippen LogP contribution in [0.5, 0.6) is 0 Å². The summed E-state index contributed by atoms with van der Waals surface area (Å²) in [5.41, 5.74) is 0.0729. The highest BCUT2D eigenvalue weighted by Gasteiger charge is 2.19.